The molecule has 1 radical (unpaired) electrons. The van der Waals surface area contributed by atoms with Gasteiger partial charge in [-0.05, 0) is 19.8 Å². The summed E-state index contributed by atoms with van der Waals surface area (Å²) in [6.45, 7) is 3.94. The highest BCUT2D eigenvalue weighted by Gasteiger charge is 2.01. The molecule has 5 heteroatoms. The van der Waals surface area contributed by atoms with E-state index in [0.717, 1.165) is 12.5 Å². The van der Waals surface area contributed by atoms with Crippen molar-refractivity contribution in [3.05, 3.63) is 6.92 Å². The third-order valence-corrected chi connectivity index (χ3v) is 2.84. The minimum atomic E-state index is -1.09. The fourth-order valence-electron chi connectivity index (χ4n) is 0.732. The van der Waals surface area contributed by atoms with E-state index in [2.05, 4.69) is 6.92 Å². The van der Waals surface area contributed by atoms with Gasteiger partial charge in [-0.1, -0.05) is 6.04 Å². The summed E-state index contributed by atoms with van der Waals surface area (Å²) in [5.41, 5.74) is 0. The number of hydrogen-bond donors (Lipinski definition) is 3. The Morgan fingerprint density at radius 3 is 2.50 bits per heavy atom. The summed E-state index contributed by atoms with van der Waals surface area (Å²) >= 11 is 0. The van der Waals surface area contributed by atoms with Crippen LogP contribution in [0.15, 0.2) is 0 Å². The van der Waals surface area contributed by atoms with Crippen molar-refractivity contribution >= 4 is 9.52 Å². The van der Waals surface area contributed by atoms with E-state index in [0.29, 0.717) is 13.0 Å². The van der Waals surface area contributed by atoms with Gasteiger partial charge in [-0.25, -0.2) is 0 Å². The zero-order chi connectivity index (χ0) is 9.40. The first-order chi connectivity index (χ1) is 5.66. The number of rotatable bonds is 7. The predicted molar refractivity (Wildman–Crippen MR) is 48.1 cm³/mol. The topological polar surface area (TPSA) is 69.9 Å². The van der Waals surface area contributed by atoms with Crippen LogP contribution < -0.4 is 0 Å². The van der Waals surface area contributed by atoms with Gasteiger partial charge in [0.2, 0.25) is 0 Å². The summed E-state index contributed by atoms with van der Waals surface area (Å²) in [5, 5.41) is 25.9. The largest absolute Gasteiger partial charge is 0.373 e. The number of aliphatic hydroxyl groups is 3. The molecular formula is C7H17O4Si. The Bertz CT molecular complexity index is 99.4. The SMILES string of the molecule is [CH2]CC(O)OCCC[SiH2]C(O)O. The second-order valence-electron chi connectivity index (χ2n) is 2.59. The van der Waals surface area contributed by atoms with Crippen LogP contribution in [0.2, 0.25) is 6.04 Å². The molecule has 0 aromatic carbocycles. The Kier molecular flexibility index (Phi) is 7.73. The third kappa shape index (κ3) is 8.16. The molecule has 0 aliphatic heterocycles. The molecule has 0 rings (SSSR count). The quantitative estimate of drug-likeness (QED) is 0.270. The van der Waals surface area contributed by atoms with E-state index in [1.807, 2.05) is 0 Å². The Hall–Kier alpha value is 0.0569. The van der Waals surface area contributed by atoms with E-state index in [1.54, 1.807) is 0 Å². The van der Waals surface area contributed by atoms with Crippen molar-refractivity contribution in [3.8, 4) is 0 Å². The maximum Gasteiger partial charge on any atom is 0.154 e. The molecule has 73 valence electrons. The van der Waals surface area contributed by atoms with Gasteiger partial charge < -0.3 is 20.1 Å². The maximum atomic E-state index is 8.89. The van der Waals surface area contributed by atoms with Crippen molar-refractivity contribution in [2.24, 2.45) is 0 Å². The first-order valence-electron chi connectivity index (χ1n) is 4.12. The van der Waals surface area contributed by atoms with E-state index in [-0.39, 0.29) is 0 Å². The minimum Gasteiger partial charge on any atom is -0.373 e. The van der Waals surface area contributed by atoms with E-state index < -0.39 is 21.7 Å². The summed E-state index contributed by atoms with van der Waals surface area (Å²) < 4.78 is 4.92. The lowest BCUT2D eigenvalue weighted by atomic mass is 10.4. The highest BCUT2D eigenvalue weighted by atomic mass is 28.2. The summed E-state index contributed by atoms with van der Waals surface area (Å²) in [5.74, 6) is -1.09. The molecule has 0 amide bonds. The van der Waals surface area contributed by atoms with Crippen molar-refractivity contribution in [1.29, 1.82) is 0 Å². The average molecular weight is 193 g/mol. The molecule has 0 saturated heterocycles. The van der Waals surface area contributed by atoms with Crippen molar-refractivity contribution in [3.63, 3.8) is 0 Å². The normalized spacial score (nSPS) is 14.8. The van der Waals surface area contributed by atoms with Crippen LogP contribution in [0.25, 0.3) is 0 Å². The lowest BCUT2D eigenvalue weighted by Gasteiger charge is -2.08. The van der Waals surface area contributed by atoms with Crippen molar-refractivity contribution < 1.29 is 20.1 Å². The van der Waals surface area contributed by atoms with Crippen LogP contribution in [0, 0.1) is 6.92 Å². The van der Waals surface area contributed by atoms with E-state index in [4.69, 9.17) is 20.1 Å². The molecule has 0 saturated carbocycles. The minimum absolute atomic E-state index is 0.347. The first-order valence-corrected chi connectivity index (χ1v) is 5.93. The zero-order valence-corrected chi connectivity index (χ0v) is 8.56. The second-order valence-corrected chi connectivity index (χ2v) is 4.61. The first kappa shape index (κ1) is 12.1. The van der Waals surface area contributed by atoms with E-state index in [1.165, 1.54) is 0 Å². The molecule has 12 heavy (non-hydrogen) atoms. The van der Waals surface area contributed by atoms with Gasteiger partial charge in [-0.3, -0.25) is 0 Å². The van der Waals surface area contributed by atoms with Crippen LogP contribution in [0.1, 0.15) is 12.8 Å². The molecule has 3 N–H and O–H groups in total. The van der Waals surface area contributed by atoms with Crippen LogP contribution in [0.4, 0.5) is 0 Å². The second kappa shape index (κ2) is 7.69. The van der Waals surface area contributed by atoms with Crippen LogP contribution in [-0.2, 0) is 4.74 Å². The highest BCUT2D eigenvalue weighted by molar-refractivity contribution is 6.36. The van der Waals surface area contributed by atoms with Gasteiger partial charge in [0.25, 0.3) is 0 Å². The predicted octanol–water partition coefficient (Wildman–Crippen LogP) is -1.21. The molecule has 1 atom stereocenters. The number of aliphatic hydroxyl groups excluding tert-OH is 2. The van der Waals surface area contributed by atoms with Gasteiger partial charge in [0.05, 0.1) is 9.52 Å². The van der Waals surface area contributed by atoms with Gasteiger partial charge in [-0.2, -0.15) is 0 Å². The van der Waals surface area contributed by atoms with Gasteiger partial charge in [0, 0.05) is 6.61 Å². The summed E-state index contributed by atoms with van der Waals surface area (Å²) in [6, 6.07) is 0.821. The number of ether oxygens (including phenoxy) is 1. The lowest BCUT2D eigenvalue weighted by Crippen LogP contribution is -2.16. The van der Waals surface area contributed by atoms with E-state index >= 15 is 0 Å². The smallest absolute Gasteiger partial charge is 0.154 e. The number of hydrogen-bond acceptors (Lipinski definition) is 4. The maximum absolute atomic E-state index is 8.89. The molecule has 0 aliphatic carbocycles. The Labute approximate surface area is 75.0 Å². The lowest BCUT2D eigenvalue weighted by molar-refractivity contribution is -0.0959. The molecule has 0 bridgehead atoms. The van der Waals surface area contributed by atoms with Gasteiger partial charge in [0.15, 0.2) is 6.29 Å². The van der Waals surface area contributed by atoms with Gasteiger partial charge in [0.1, 0.15) is 5.91 Å². The van der Waals surface area contributed by atoms with Crippen molar-refractivity contribution in [2.45, 2.75) is 31.1 Å². The van der Waals surface area contributed by atoms with Crippen molar-refractivity contribution in [2.75, 3.05) is 6.61 Å². The average Bonchev–Trinajstić information content (AvgIpc) is 2.03. The summed E-state index contributed by atoms with van der Waals surface area (Å²) in [4.78, 5) is 0. The highest BCUT2D eigenvalue weighted by Crippen LogP contribution is 1.96. The monoisotopic (exact) mass is 193 g/mol. The molecule has 0 aromatic heterocycles. The molecule has 0 heterocycles. The Balaban J connectivity index is 3.00. The standard InChI is InChI=1S/C7H17O4Si/c1-2-6(8)11-4-3-5-12-7(9)10/h6-10H,1-5,12H2. The van der Waals surface area contributed by atoms with Crippen LogP contribution >= 0.6 is 0 Å². The molecule has 0 aliphatic rings. The summed E-state index contributed by atoms with van der Waals surface area (Å²) in [7, 11) is -0.771. The van der Waals surface area contributed by atoms with Gasteiger partial charge >= 0.3 is 0 Å². The molecule has 0 aromatic rings. The van der Waals surface area contributed by atoms with Crippen LogP contribution in [0.5, 0.6) is 0 Å². The fourth-order valence-corrected chi connectivity index (χ4v) is 1.59. The summed E-state index contributed by atoms with van der Waals surface area (Å²) in [6.07, 6.45) is 0.353. The van der Waals surface area contributed by atoms with E-state index in [9.17, 15) is 0 Å². The fraction of sp³-hybridized carbons (Fsp3) is 0.857. The van der Waals surface area contributed by atoms with Crippen LogP contribution in [0.3, 0.4) is 0 Å². The molecule has 0 fully saturated rings. The Morgan fingerprint density at radius 2 is 2.00 bits per heavy atom. The molecule has 1 unspecified atom stereocenters. The third-order valence-electron chi connectivity index (χ3n) is 1.41. The molecular weight excluding hydrogens is 176 g/mol. The van der Waals surface area contributed by atoms with Gasteiger partial charge in [-0.15, -0.1) is 0 Å². The zero-order valence-electron chi connectivity index (χ0n) is 7.15. The van der Waals surface area contributed by atoms with Crippen LogP contribution in [-0.4, -0.2) is 43.6 Å². The van der Waals surface area contributed by atoms with Crippen molar-refractivity contribution in [1.82, 2.24) is 0 Å². The molecule has 4 nitrogen and oxygen atoms in total. The Morgan fingerprint density at radius 1 is 1.33 bits per heavy atom. The molecule has 0 spiro atoms.